The maximum atomic E-state index is 5.09. The molecule has 0 unspecified atom stereocenters. The zero-order valence-electron chi connectivity index (χ0n) is 7.26. The highest BCUT2D eigenvalue weighted by Crippen LogP contribution is 2.23. The molecule has 0 aliphatic heterocycles. The number of allylic oxidation sites excluding steroid dienone is 1. The zero-order chi connectivity index (χ0) is 9.68. The van der Waals surface area contributed by atoms with Gasteiger partial charge in [0.15, 0.2) is 0 Å². The first-order chi connectivity index (χ1) is 6.27. The molecule has 0 N–H and O–H groups in total. The molecule has 0 atom stereocenters. The summed E-state index contributed by atoms with van der Waals surface area (Å²) in [5, 5.41) is 0.867. The minimum atomic E-state index is 0.864. The van der Waals surface area contributed by atoms with Crippen LogP contribution < -0.4 is 4.74 Å². The van der Waals surface area contributed by atoms with Gasteiger partial charge in [0.25, 0.3) is 0 Å². The van der Waals surface area contributed by atoms with Crippen molar-refractivity contribution >= 4 is 37.9 Å². The number of benzene rings is 1. The van der Waals surface area contributed by atoms with Crippen LogP contribution in [0, 0.1) is 0 Å². The summed E-state index contributed by atoms with van der Waals surface area (Å²) in [6.45, 7) is 0. The Kier molecular flexibility index (Phi) is 4.53. The Balaban J connectivity index is 2.91. The van der Waals surface area contributed by atoms with Gasteiger partial charge in [0.05, 0.1) is 7.11 Å². The lowest BCUT2D eigenvalue weighted by Gasteiger charge is -2.02. The Hall–Kier alpha value is -0.280. The number of rotatable bonds is 3. The molecule has 1 aromatic rings. The van der Waals surface area contributed by atoms with Gasteiger partial charge in [0.2, 0.25) is 0 Å². The van der Waals surface area contributed by atoms with Gasteiger partial charge in [-0.15, -0.1) is 0 Å². The molecule has 0 bridgehead atoms. The van der Waals surface area contributed by atoms with Crippen LogP contribution in [0.5, 0.6) is 5.75 Å². The first-order valence-corrected chi connectivity index (χ1v) is 5.75. The number of hydrogen-bond acceptors (Lipinski definition) is 1. The monoisotopic (exact) mass is 304 g/mol. The fourth-order valence-corrected chi connectivity index (χ4v) is 1.62. The zero-order valence-corrected chi connectivity index (χ0v) is 10.4. The van der Waals surface area contributed by atoms with Gasteiger partial charge in [-0.1, -0.05) is 50.1 Å². The van der Waals surface area contributed by atoms with Crippen molar-refractivity contribution in [2.45, 2.75) is 0 Å². The van der Waals surface area contributed by atoms with Crippen LogP contribution in [0.25, 0.3) is 6.08 Å². The molecule has 0 spiro atoms. The molecule has 0 radical (unpaired) electrons. The van der Waals surface area contributed by atoms with E-state index in [2.05, 4.69) is 37.9 Å². The first kappa shape index (κ1) is 10.8. The van der Waals surface area contributed by atoms with Gasteiger partial charge in [-0.3, -0.25) is 0 Å². The van der Waals surface area contributed by atoms with Crippen molar-refractivity contribution < 1.29 is 4.74 Å². The molecule has 0 saturated carbocycles. The van der Waals surface area contributed by atoms with Crippen molar-refractivity contribution in [2.24, 2.45) is 0 Å². The molecule has 1 rings (SSSR count). The molecule has 0 saturated heterocycles. The molecule has 0 aliphatic carbocycles. The van der Waals surface area contributed by atoms with Crippen molar-refractivity contribution in [1.29, 1.82) is 0 Å². The van der Waals surface area contributed by atoms with E-state index in [1.54, 1.807) is 7.11 Å². The van der Waals surface area contributed by atoms with Gasteiger partial charge in [0.1, 0.15) is 5.75 Å². The fraction of sp³-hybridized carbons (Fsp3) is 0.200. The molecule has 70 valence electrons. The molecule has 0 heterocycles. The van der Waals surface area contributed by atoms with Gasteiger partial charge < -0.3 is 4.74 Å². The van der Waals surface area contributed by atoms with E-state index in [0.29, 0.717) is 0 Å². The van der Waals surface area contributed by atoms with Gasteiger partial charge in [-0.25, -0.2) is 0 Å². The summed E-state index contributed by atoms with van der Waals surface area (Å²) in [6.07, 6.45) is 4.10. The van der Waals surface area contributed by atoms with E-state index in [4.69, 9.17) is 4.74 Å². The normalized spacial score (nSPS) is 10.7. The minimum Gasteiger partial charge on any atom is -0.497 e. The van der Waals surface area contributed by atoms with Crippen LogP contribution in [0.4, 0.5) is 0 Å². The van der Waals surface area contributed by atoms with Gasteiger partial charge in [-0.2, -0.15) is 0 Å². The highest BCUT2D eigenvalue weighted by molar-refractivity contribution is 9.10. The second-order valence-corrected chi connectivity index (χ2v) is 3.95. The van der Waals surface area contributed by atoms with Crippen LogP contribution in [-0.4, -0.2) is 12.4 Å². The maximum Gasteiger partial charge on any atom is 0.120 e. The summed E-state index contributed by atoms with van der Waals surface area (Å²) in [7, 11) is 1.66. The van der Waals surface area contributed by atoms with E-state index in [9.17, 15) is 0 Å². The molecule has 0 aromatic heterocycles. The van der Waals surface area contributed by atoms with E-state index in [0.717, 1.165) is 21.1 Å². The van der Waals surface area contributed by atoms with Gasteiger partial charge >= 0.3 is 0 Å². The number of alkyl halides is 1. The molecule has 0 aliphatic rings. The van der Waals surface area contributed by atoms with Crippen molar-refractivity contribution in [3.05, 3.63) is 34.3 Å². The molecule has 3 heteroatoms. The summed E-state index contributed by atoms with van der Waals surface area (Å²) in [4.78, 5) is 0. The third-order valence-electron chi connectivity index (χ3n) is 1.59. The van der Waals surface area contributed by atoms with E-state index >= 15 is 0 Å². The van der Waals surface area contributed by atoms with E-state index in [1.165, 1.54) is 0 Å². The molecule has 0 fully saturated rings. The number of ether oxygens (including phenoxy) is 1. The van der Waals surface area contributed by atoms with Crippen LogP contribution in [0.15, 0.2) is 28.7 Å². The molecule has 13 heavy (non-hydrogen) atoms. The lowest BCUT2D eigenvalue weighted by atomic mass is 10.2. The summed E-state index contributed by atoms with van der Waals surface area (Å²) in [5.74, 6) is 0.864. The van der Waals surface area contributed by atoms with E-state index in [1.807, 2.05) is 24.3 Å². The summed E-state index contributed by atoms with van der Waals surface area (Å²) >= 11 is 6.80. The molecular formula is C10H10Br2O. The summed E-state index contributed by atoms with van der Waals surface area (Å²) in [6, 6.07) is 5.91. The number of halogens is 2. The Morgan fingerprint density at radius 3 is 2.77 bits per heavy atom. The summed E-state index contributed by atoms with van der Waals surface area (Å²) in [5.41, 5.74) is 1.15. The average molecular weight is 306 g/mol. The SMILES string of the molecule is COc1ccc(C=CCBr)c(Br)c1. The highest BCUT2D eigenvalue weighted by Gasteiger charge is 1.97. The molecule has 0 amide bonds. The molecular weight excluding hydrogens is 296 g/mol. The Labute approximate surface area is 95.1 Å². The number of methoxy groups -OCH3 is 1. The second-order valence-electron chi connectivity index (χ2n) is 2.44. The van der Waals surface area contributed by atoms with E-state index < -0.39 is 0 Å². The highest BCUT2D eigenvalue weighted by atomic mass is 79.9. The Morgan fingerprint density at radius 2 is 2.23 bits per heavy atom. The van der Waals surface area contributed by atoms with Gasteiger partial charge in [-0.05, 0) is 17.7 Å². The number of hydrogen-bond donors (Lipinski definition) is 0. The van der Waals surface area contributed by atoms with Crippen LogP contribution in [0.3, 0.4) is 0 Å². The van der Waals surface area contributed by atoms with E-state index in [-0.39, 0.29) is 0 Å². The predicted octanol–water partition coefficient (Wildman–Crippen LogP) is 3.87. The maximum absolute atomic E-state index is 5.09. The van der Waals surface area contributed by atoms with Crippen molar-refractivity contribution in [3.8, 4) is 5.75 Å². The van der Waals surface area contributed by atoms with Crippen LogP contribution in [0.1, 0.15) is 5.56 Å². The quantitative estimate of drug-likeness (QED) is 0.770. The summed E-state index contributed by atoms with van der Waals surface area (Å²) < 4.78 is 6.14. The predicted molar refractivity (Wildman–Crippen MR) is 63.5 cm³/mol. The largest absolute Gasteiger partial charge is 0.497 e. The van der Waals surface area contributed by atoms with Crippen molar-refractivity contribution in [3.63, 3.8) is 0 Å². The van der Waals surface area contributed by atoms with Crippen molar-refractivity contribution in [2.75, 3.05) is 12.4 Å². The smallest absolute Gasteiger partial charge is 0.120 e. The Bertz CT molecular complexity index is 308. The Morgan fingerprint density at radius 1 is 1.46 bits per heavy atom. The van der Waals surface area contributed by atoms with Crippen LogP contribution in [-0.2, 0) is 0 Å². The molecule has 1 aromatic carbocycles. The van der Waals surface area contributed by atoms with Crippen molar-refractivity contribution in [1.82, 2.24) is 0 Å². The third-order valence-corrected chi connectivity index (χ3v) is 2.65. The topological polar surface area (TPSA) is 9.23 Å². The van der Waals surface area contributed by atoms with Crippen LogP contribution >= 0.6 is 31.9 Å². The minimum absolute atomic E-state index is 0.864. The van der Waals surface area contributed by atoms with Gasteiger partial charge in [0, 0.05) is 9.80 Å². The second kappa shape index (κ2) is 5.45. The standard InChI is InChI=1S/C10H10Br2O/c1-13-9-5-4-8(3-2-6-11)10(12)7-9/h2-5,7H,6H2,1H3. The third kappa shape index (κ3) is 3.16. The fourth-order valence-electron chi connectivity index (χ4n) is 0.942. The lowest BCUT2D eigenvalue weighted by Crippen LogP contribution is -1.83. The van der Waals surface area contributed by atoms with Crippen LogP contribution in [0.2, 0.25) is 0 Å². The first-order valence-electron chi connectivity index (χ1n) is 3.84. The lowest BCUT2D eigenvalue weighted by molar-refractivity contribution is 0.414. The molecule has 1 nitrogen and oxygen atoms in total. The average Bonchev–Trinajstić information content (AvgIpc) is 2.16.